The zero-order valence-corrected chi connectivity index (χ0v) is 19.7. The Labute approximate surface area is 196 Å². The minimum Gasteiger partial charge on any atom is -0.379 e. The van der Waals surface area contributed by atoms with E-state index < -0.39 is 0 Å². The van der Waals surface area contributed by atoms with Crippen molar-refractivity contribution in [1.29, 1.82) is 0 Å². The largest absolute Gasteiger partial charge is 0.379 e. The van der Waals surface area contributed by atoms with Gasteiger partial charge >= 0.3 is 12.1 Å². The lowest BCUT2D eigenvalue weighted by atomic mass is 10.1. The Morgan fingerprint density at radius 3 is 1.88 bits per heavy atom. The molecule has 0 saturated carbocycles. The summed E-state index contributed by atoms with van der Waals surface area (Å²) in [6.45, 7) is 11.8. The van der Waals surface area contributed by atoms with E-state index in [4.69, 9.17) is 9.47 Å². The van der Waals surface area contributed by atoms with Gasteiger partial charge in [-0.2, -0.15) is 0 Å². The second-order valence-corrected chi connectivity index (χ2v) is 8.37. The first-order chi connectivity index (χ1) is 16.1. The van der Waals surface area contributed by atoms with E-state index in [1.807, 2.05) is 19.1 Å². The SMILES string of the molecule is Cc1cccc(NC(=O)NCCCN2CCOCC2)c1NC(=O)NCCCN1CCOCC1. The maximum atomic E-state index is 12.4. The average molecular weight is 463 g/mol. The Morgan fingerprint density at radius 2 is 1.33 bits per heavy atom. The van der Waals surface area contributed by atoms with Crippen molar-refractivity contribution in [3.63, 3.8) is 0 Å². The molecule has 184 valence electrons. The number of ether oxygens (including phenoxy) is 2. The van der Waals surface area contributed by atoms with Crippen molar-refractivity contribution >= 4 is 23.4 Å². The van der Waals surface area contributed by atoms with Crippen molar-refractivity contribution in [1.82, 2.24) is 20.4 Å². The summed E-state index contributed by atoms with van der Waals surface area (Å²) in [7, 11) is 0. The van der Waals surface area contributed by atoms with Crippen LogP contribution in [0.4, 0.5) is 21.0 Å². The molecule has 0 radical (unpaired) electrons. The van der Waals surface area contributed by atoms with Gasteiger partial charge in [0.25, 0.3) is 0 Å². The average Bonchev–Trinajstić information content (AvgIpc) is 2.83. The molecule has 4 amide bonds. The lowest BCUT2D eigenvalue weighted by molar-refractivity contribution is 0.0375. The van der Waals surface area contributed by atoms with Crippen LogP contribution in [0, 0.1) is 6.92 Å². The van der Waals surface area contributed by atoms with Crippen molar-refractivity contribution in [3.8, 4) is 0 Å². The summed E-state index contributed by atoms with van der Waals surface area (Å²) in [5, 5.41) is 11.5. The van der Waals surface area contributed by atoms with Crippen LogP contribution in [0.15, 0.2) is 18.2 Å². The molecule has 1 aromatic carbocycles. The summed E-state index contributed by atoms with van der Waals surface area (Å²) < 4.78 is 10.7. The summed E-state index contributed by atoms with van der Waals surface area (Å²) in [5.74, 6) is 0. The van der Waals surface area contributed by atoms with Crippen LogP contribution in [-0.4, -0.2) is 101 Å². The highest BCUT2D eigenvalue weighted by Crippen LogP contribution is 2.25. The van der Waals surface area contributed by atoms with Crippen LogP contribution < -0.4 is 21.3 Å². The molecule has 2 aliphatic heterocycles. The number of nitrogens with one attached hydrogen (secondary N) is 4. The number of rotatable bonds is 10. The highest BCUT2D eigenvalue weighted by atomic mass is 16.5. The van der Waals surface area contributed by atoms with Crippen LogP contribution in [0.5, 0.6) is 0 Å². The lowest BCUT2D eigenvalue weighted by Crippen LogP contribution is -2.39. The molecule has 3 rings (SSSR count). The van der Waals surface area contributed by atoms with E-state index >= 15 is 0 Å². The highest BCUT2D eigenvalue weighted by molar-refractivity contribution is 5.99. The van der Waals surface area contributed by atoms with E-state index in [-0.39, 0.29) is 12.1 Å². The molecule has 2 aliphatic rings. The summed E-state index contributed by atoms with van der Waals surface area (Å²) in [6.07, 6.45) is 1.75. The summed E-state index contributed by atoms with van der Waals surface area (Å²) in [6, 6.07) is 4.99. The normalized spacial score (nSPS) is 17.4. The monoisotopic (exact) mass is 462 g/mol. The second-order valence-electron chi connectivity index (χ2n) is 8.37. The molecule has 0 spiro atoms. The van der Waals surface area contributed by atoms with Crippen molar-refractivity contribution in [3.05, 3.63) is 23.8 Å². The first-order valence-electron chi connectivity index (χ1n) is 11.9. The van der Waals surface area contributed by atoms with Gasteiger partial charge in [-0.05, 0) is 44.5 Å². The third-order valence-corrected chi connectivity index (χ3v) is 5.84. The third kappa shape index (κ3) is 9.17. The fourth-order valence-electron chi connectivity index (χ4n) is 3.92. The number of para-hydroxylation sites is 1. The van der Waals surface area contributed by atoms with Crippen molar-refractivity contribution < 1.29 is 19.1 Å². The number of amides is 4. The molecule has 2 saturated heterocycles. The number of aryl methyl sites for hydroxylation is 1. The molecule has 0 atom stereocenters. The fraction of sp³-hybridized carbons (Fsp3) is 0.652. The molecule has 0 bridgehead atoms. The maximum Gasteiger partial charge on any atom is 0.319 e. The summed E-state index contributed by atoms with van der Waals surface area (Å²) >= 11 is 0. The first-order valence-corrected chi connectivity index (χ1v) is 11.9. The minimum atomic E-state index is -0.281. The second kappa shape index (κ2) is 14.0. The molecule has 2 fully saturated rings. The highest BCUT2D eigenvalue weighted by Gasteiger charge is 2.13. The smallest absolute Gasteiger partial charge is 0.319 e. The van der Waals surface area contributed by atoms with Gasteiger partial charge < -0.3 is 30.7 Å². The molecule has 0 aliphatic carbocycles. The van der Waals surface area contributed by atoms with Gasteiger partial charge in [-0.3, -0.25) is 9.80 Å². The minimum absolute atomic E-state index is 0.278. The van der Waals surface area contributed by atoms with Crippen molar-refractivity contribution in [2.75, 3.05) is 89.4 Å². The van der Waals surface area contributed by atoms with Gasteiger partial charge in [0, 0.05) is 39.3 Å². The fourth-order valence-corrected chi connectivity index (χ4v) is 3.92. The van der Waals surface area contributed by atoms with Crippen LogP contribution >= 0.6 is 0 Å². The van der Waals surface area contributed by atoms with Crippen LogP contribution in [0.3, 0.4) is 0 Å². The van der Waals surface area contributed by atoms with E-state index in [9.17, 15) is 9.59 Å². The van der Waals surface area contributed by atoms with Crippen LogP contribution in [0.1, 0.15) is 18.4 Å². The molecule has 10 nitrogen and oxygen atoms in total. The van der Waals surface area contributed by atoms with Crippen LogP contribution in [-0.2, 0) is 9.47 Å². The van der Waals surface area contributed by atoms with Gasteiger partial charge in [-0.15, -0.1) is 0 Å². The Bertz CT molecular complexity index is 750. The summed E-state index contributed by atoms with van der Waals surface area (Å²) in [4.78, 5) is 29.5. The van der Waals surface area contributed by atoms with Gasteiger partial charge in [0.2, 0.25) is 0 Å². The Balaban J connectivity index is 1.37. The van der Waals surface area contributed by atoms with Crippen molar-refractivity contribution in [2.45, 2.75) is 19.8 Å². The molecule has 33 heavy (non-hydrogen) atoms. The van der Waals surface area contributed by atoms with E-state index in [0.29, 0.717) is 24.5 Å². The van der Waals surface area contributed by atoms with Gasteiger partial charge in [0.05, 0.1) is 37.8 Å². The third-order valence-electron chi connectivity index (χ3n) is 5.84. The number of carbonyl (C=O) groups is 2. The number of urea groups is 2. The topological polar surface area (TPSA) is 107 Å². The standard InChI is InChI=1S/C23H38N6O4/c1-19-5-2-6-20(26-22(30)24-7-3-9-28-11-15-32-16-12-28)21(19)27-23(31)25-8-4-10-29-13-17-33-18-14-29/h2,5-6H,3-4,7-18H2,1H3,(H2,24,26,30)(H2,25,27,31). The van der Waals surface area contributed by atoms with Crippen molar-refractivity contribution in [2.24, 2.45) is 0 Å². The molecular formula is C23H38N6O4. The van der Waals surface area contributed by atoms with Gasteiger partial charge in [-0.1, -0.05) is 12.1 Å². The Hall–Kier alpha value is -2.40. The van der Waals surface area contributed by atoms with Crippen LogP contribution in [0.2, 0.25) is 0 Å². The lowest BCUT2D eigenvalue weighted by Gasteiger charge is -2.26. The molecule has 4 N–H and O–H groups in total. The zero-order valence-electron chi connectivity index (χ0n) is 19.7. The maximum absolute atomic E-state index is 12.4. The predicted octanol–water partition coefficient (Wildman–Crippen LogP) is 1.68. The number of carbonyl (C=O) groups excluding carboxylic acids is 2. The number of morpholine rings is 2. The number of benzene rings is 1. The van der Waals surface area contributed by atoms with E-state index in [1.165, 1.54) is 0 Å². The molecule has 0 unspecified atom stereocenters. The van der Waals surface area contributed by atoms with E-state index in [2.05, 4.69) is 31.1 Å². The number of anilines is 2. The summed E-state index contributed by atoms with van der Waals surface area (Å²) in [5.41, 5.74) is 2.05. The molecule has 0 aromatic heterocycles. The van der Waals surface area contributed by atoms with E-state index in [0.717, 1.165) is 84.1 Å². The van der Waals surface area contributed by atoms with Gasteiger partial charge in [0.15, 0.2) is 0 Å². The Kier molecular flexibility index (Phi) is 10.7. The van der Waals surface area contributed by atoms with Gasteiger partial charge in [-0.25, -0.2) is 9.59 Å². The molecule has 1 aromatic rings. The zero-order chi connectivity index (χ0) is 23.3. The predicted molar refractivity (Wildman–Crippen MR) is 129 cm³/mol. The first kappa shape index (κ1) is 25.2. The molecule has 10 heteroatoms. The number of hydrogen-bond donors (Lipinski definition) is 4. The van der Waals surface area contributed by atoms with Crippen LogP contribution in [0.25, 0.3) is 0 Å². The van der Waals surface area contributed by atoms with E-state index in [1.54, 1.807) is 6.07 Å². The number of hydrogen-bond acceptors (Lipinski definition) is 6. The number of nitrogens with zero attached hydrogens (tertiary/aromatic N) is 2. The quantitative estimate of drug-likeness (QED) is 0.394. The Morgan fingerprint density at radius 1 is 0.818 bits per heavy atom. The molecular weight excluding hydrogens is 424 g/mol. The van der Waals surface area contributed by atoms with Gasteiger partial charge in [0.1, 0.15) is 0 Å². The molecule has 2 heterocycles.